The van der Waals surface area contributed by atoms with Gasteiger partial charge in [-0.05, 0) is 110 Å². The first-order chi connectivity index (χ1) is 32.4. The highest BCUT2D eigenvalue weighted by molar-refractivity contribution is 6.24. The zero-order valence-corrected chi connectivity index (χ0v) is 37.1. The normalized spacial score (nSPS) is 19.9. The van der Waals surface area contributed by atoms with E-state index in [-0.39, 0.29) is 105 Å². The van der Waals surface area contributed by atoms with Gasteiger partial charge in [-0.1, -0.05) is 13.0 Å². The minimum atomic E-state index is -1.12. The first-order valence-electron chi connectivity index (χ1n) is 22.7. The number of likely N-dealkylation sites (tertiary alicyclic amines) is 1. The van der Waals surface area contributed by atoms with Crippen LogP contribution >= 0.6 is 0 Å². The molecule has 1 unspecified atom stereocenters. The molecule has 1 aromatic heterocycles. The molecule has 0 radical (unpaired) electrons. The number of piperidine rings is 1. The molecule has 4 aromatic rings. The fourth-order valence-electron chi connectivity index (χ4n) is 9.12. The summed E-state index contributed by atoms with van der Waals surface area (Å²) in [5.74, 6) is -2.36. The topological polar surface area (TPSA) is 212 Å². The highest BCUT2D eigenvalue weighted by atomic mass is 19.1. The van der Waals surface area contributed by atoms with Gasteiger partial charge in [0, 0.05) is 36.2 Å². The van der Waals surface area contributed by atoms with E-state index < -0.39 is 42.2 Å². The van der Waals surface area contributed by atoms with Crippen LogP contribution in [0.15, 0.2) is 72.9 Å². The molecule has 0 bridgehead atoms. The van der Waals surface area contributed by atoms with E-state index in [2.05, 4.69) is 20.9 Å². The molecule has 1 aliphatic carbocycles. The van der Waals surface area contributed by atoms with Crippen LogP contribution < -0.4 is 25.4 Å². The standard InChI is InChI=1S/C49H53FN6O11/c1-29(30-5-7-31(8-6-30)36-17-19-51-39-14-9-32(50)25-38(36)39)46(60)53-33-10-12-34(13-11-33)67-35-26-55(27-35)44(59)18-21-64-23-24-65-22-20-52-43(58)28-66-41-4-2-3-37-45(41)49(63)56(48(37)62)40-15-16-42(57)54-47(40)61/h2-4,9-14,17,19,25,29-31,35,40H,5-8,15-16,18,20-24,26-28H2,1H3,(H,52,58)(H,53,60)(H,54,57,61)/t29-,30?,31?,40?/m1/s1. The Labute approximate surface area is 386 Å². The Morgan fingerprint density at radius 3 is 2.40 bits per heavy atom. The van der Waals surface area contributed by atoms with E-state index in [4.69, 9.17) is 18.9 Å². The first kappa shape index (κ1) is 46.7. The van der Waals surface area contributed by atoms with E-state index in [0.717, 1.165) is 47.0 Å². The Bertz CT molecular complexity index is 2520. The second-order valence-corrected chi connectivity index (χ2v) is 17.3. The summed E-state index contributed by atoms with van der Waals surface area (Å²) in [7, 11) is 0. The van der Waals surface area contributed by atoms with Crippen LogP contribution in [0.1, 0.15) is 84.1 Å². The van der Waals surface area contributed by atoms with Gasteiger partial charge in [0.25, 0.3) is 17.7 Å². The van der Waals surface area contributed by atoms with Crippen molar-refractivity contribution in [2.24, 2.45) is 11.8 Å². The minimum Gasteiger partial charge on any atom is -0.487 e. The molecule has 17 nitrogen and oxygen atoms in total. The van der Waals surface area contributed by atoms with Crippen molar-refractivity contribution in [2.45, 2.75) is 69.9 Å². The maximum atomic E-state index is 14.0. The molecule has 3 aliphatic heterocycles. The molecule has 4 heterocycles. The number of imide groups is 2. The fourth-order valence-corrected chi connectivity index (χ4v) is 9.12. The number of nitrogens with zero attached hydrogens (tertiary/aromatic N) is 3. The zero-order chi connectivity index (χ0) is 47.0. The molecule has 0 spiro atoms. The van der Waals surface area contributed by atoms with Crippen molar-refractivity contribution in [1.82, 2.24) is 25.4 Å². The fraction of sp³-hybridized carbons (Fsp3) is 0.429. The molecule has 2 atom stereocenters. The summed E-state index contributed by atoms with van der Waals surface area (Å²) in [4.78, 5) is 95.3. The van der Waals surface area contributed by atoms with Crippen LogP contribution in [-0.2, 0) is 33.4 Å². The smallest absolute Gasteiger partial charge is 0.266 e. The van der Waals surface area contributed by atoms with Gasteiger partial charge in [-0.25, -0.2) is 4.39 Å². The molecule has 352 valence electrons. The molecule has 8 rings (SSSR count). The van der Waals surface area contributed by atoms with Gasteiger partial charge in [0.15, 0.2) is 6.61 Å². The monoisotopic (exact) mass is 920 g/mol. The average Bonchev–Trinajstić information content (AvgIpc) is 3.57. The molecule has 1 saturated carbocycles. The van der Waals surface area contributed by atoms with Crippen LogP contribution in [0.5, 0.6) is 11.5 Å². The van der Waals surface area contributed by atoms with Gasteiger partial charge in [-0.2, -0.15) is 0 Å². The summed E-state index contributed by atoms with van der Waals surface area (Å²) < 4.78 is 36.7. The van der Waals surface area contributed by atoms with Crippen molar-refractivity contribution < 1.29 is 56.9 Å². The molecule has 67 heavy (non-hydrogen) atoms. The largest absolute Gasteiger partial charge is 0.487 e. The lowest BCUT2D eigenvalue weighted by molar-refractivity contribution is -0.141. The quantitative estimate of drug-likeness (QED) is 0.0875. The third kappa shape index (κ3) is 11.1. The number of rotatable bonds is 19. The van der Waals surface area contributed by atoms with Gasteiger partial charge in [-0.15, -0.1) is 0 Å². The summed E-state index contributed by atoms with van der Waals surface area (Å²) in [6.45, 7) is 3.54. The Balaban J connectivity index is 0.647. The summed E-state index contributed by atoms with van der Waals surface area (Å²) >= 11 is 0. The maximum absolute atomic E-state index is 14.0. The predicted octanol–water partition coefficient (Wildman–Crippen LogP) is 4.53. The number of hydrogen-bond donors (Lipinski definition) is 3. The molecule has 2 saturated heterocycles. The van der Waals surface area contributed by atoms with Crippen molar-refractivity contribution in [1.29, 1.82) is 0 Å². The van der Waals surface area contributed by atoms with Crippen LogP contribution in [0, 0.1) is 17.7 Å². The summed E-state index contributed by atoms with van der Waals surface area (Å²) in [5, 5.41) is 8.71. The van der Waals surface area contributed by atoms with Crippen molar-refractivity contribution >= 4 is 57.9 Å². The third-order valence-electron chi connectivity index (χ3n) is 12.9. The van der Waals surface area contributed by atoms with Crippen LogP contribution in [0.25, 0.3) is 10.9 Å². The Morgan fingerprint density at radius 1 is 0.881 bits per heavy atom. The number of halogens is 1. The van der Waals surface area contributed by atoms with Gasteiger partial charge >= 0.3 is 0 Å². The van der Waals surface area contributed by atoms with Crippen LogP contribution in [0.2, 0.25) is 0 Å². The molecular formula is C49H53FN6O11. The van der Waals surface area contributed by atoms with Crippen LogP contribution in [0.4, 0.5) is 10.1 Å². The number of pyridine rings is 1. The molecule has 3 aromatic carbocycles. The molecular weight excluding hydrogens is 868 g/mol. The minimum absolute atomic E-state index is 0.00302. The number of amides is 7. The van der Waals surface area contributed by atoms with Gasteiger partial charge in [0.05, 0.1) is 62.6 Å². The number of aromatic nitrogens is 1. The lowest BCUT2D eigenvalue weighted by Crippen LogP contribution is -2.56. The Kier molecular flexibility index (Phi) is 14.8. The van der Waals surface area contributed by atoms with Gasteiger partial charge in [0.2, 0.25) is 23.6 Å². The predicted molar refractivity (Wildman–Crippen MR) is 240 cm³/mol. The summed E-state index contributed by atoms with van der Waals surface area (Å²) in [5.41, 5.74) is 2.61. The summed E-state index contributed by atoms with van der Waals surface area (Å²) in [6, 6.07) is 17.2. The molecule has 7 amide bonds. The number of nitrogens with one attached hydrogen (secondary N) is 3. The van der Waals surface area contributed by atoms with E-state index in [1.54, 1.807) is 23.2 Å². The van der Waals surface area contributed by atoms with E-state index in [0.29, 0.717) is 30.4 Å². The number of benzene rings is 3. The van der Waals surface area contributed by atoms with Gasteiger partial charge in [-0.3, -0.25) is 48.8 Å². The first-order valence-corrected chi connectivity index (χ1v) is 22.7. The van der Waals surface area contributed by atoms with E-state index in [9.17, 15) is 38.0 Å². The second-order valence-electron chi connectivity index (χ2n) is 17.3. The molecule has 3 N–H and O–H groups in total. The molecule has 18 heteroatoms. The highest BCUT2D eigenvalue weighted by Crippen LogP contribution is 2.41. The Hall–Kier alpha value is -6.79. The number of fused-ring (bicyclic) bond motifs is 2. The van der Waals surface area contributed by atoms with E-state index >= 15 is 0 Å². The van der Waals surface area contributed by atoms with Crippen molar-refractivity contribution in [3.8, 4) is 11.5 Å². The molecule has 4 aliphatic rings. The number of ether oxygens (including phenoxy) is 4. The van der Waals surface area contributed by atoms with Crippen molar-refractivity contribution in [3.63, 3.8) is 0 Å². The average molecular weight is 921 g/mol. The van der Waals surface area contributed by atoms with Crippen LogP contribution in [0.3, 0.4) is 0 Å². The van der Waals surface area contributed by atoms with Gasteiger partial charge < -0.3 is 34.5 Å². The lowest BCUT2D eigenvalue weighted by Gasteiger charge is -2.39. The molecule has 3 fully saturated rings. The van der Waals surface area contributed by atoms with Gasteiger partial charge in [0.1, 0.15) is 29.5 Å². The number of hydrogen-bond acceptors (Lipinski definition) is 12. The van der Waals surface area contributed by atoms with E-state index in [1.807, 2.05) is 37.3 Å². The summed E-state index contributed by atoms with van der Waals surface area (Å²) in [6.07, 6.45) is 5.56. The maximum Gasteiger partial charge on any atom is 0.266 e. The number of carbonyl (C=O) groups excluding carboxylic acids is 7. The Morgan fingerprint density at radius 2 is 1.64 bits per heavy atom. The van der Waals surface area contributed by atoms with Crippen molar-refractivity contribution in [2.75, 3.05) is 58.0 Å². The third-order valence-corrected chi connectivity index (χ3v) is 12.9. The van der Waals surface area contributed by atoms with Crippen LogP contribution in [-0.4, -0.2) is 121 Å². The zero-order valence-electron chi connectivity index (χ0n) is 37.1. The second kappa shape index (κ2) is 21.2. The highest BCUT2D eigenvalue weighted by Gasteiger charge is 2.46. The van der Waals surface area contributed by atoms with Crippen molar-refractivity contribution in [3.05, 3.63) is 95.4 Å². The van der Waals surface area contributed by atoms with E-state index in [1.165, 1.54) is 24.3 Å². The lowest BCUT2D eigenvalue weighted by atomic mass is 9.73. The number of carbonyl (C=O) groups is 7. The SMILES string of the molecule is C[C@@H](C(=O)Nc1ccc(OC2CN(C(=O)CCOCCOCCNC(=O)COc3cccc4c3C(=O)N(C3CCC(=O)NC3=O)C4=O)C2)cc1)C1CCC(c2ccnc3ccc(F)cc23)CC1. The number of anilines is 1.